The van der Waals surface area contributed by atoms with Gasteiger partial charge in [-0.05, 0) is 61.1 Å². The van der Waals surface area contributed by atoms with E-state index in [1.165, 1.54) is 23.8 Å². The SMILES string of the molecule is CC(C)Cc1ccc(C(=O)N2CCC(n3nccc3NC(=O)c3cccc(F)c3)CC2)cc1. The fourth-order valence-electron chi connectivity index (χ4n) is 4.27. The second-order valence-corrected chi connectivity index (χ2v) is 8.94. The molecule has 0 unspecified atom stereocenters. The van der Waals surface area contributed by atoms with E-state index in [9.17, 15) is 14.0 Å². The van der Waals surface area contributed by atoms with E-state index in [-0.39, 0.29) is 23.4 Å². The van der Waals surface area contributed by atoms with Crippen LogP contribution < -0.4 is 5.32 Å². The van der Waals surface area contributed by atoms with Crippen LogP contribution >= 0.6 is 0 Å². The second kappa shape index (κ2) is 9.98. The van der Waals surface area contributed by atoms with E-state index in [2.05, 4.69) is 24.3 Å². The van der Waals surface area contributed by atoms with Gasteiger partial charge in [0.2, 0.25) is 0 Å². The molecule has 3 aromatic rings. The summed E-state index contributed by atoms with van der Waals surface area (Å²) in [5.41, 5.74) is 2.21. The summed E-state index contributed by atoms with van der Waals surface area (Å²) in [6.45, 7) is 5.60. The number of benzene rings is 2. The Labute approximate surface area is 193 Å². The second-order valence-electron chi connectivity index (χ2n) is 8.94. The van der Waals surface area contributed by atoms with Crippen LogP contribution in [0.4, 0.5) is 10.2 Å². The van der Waals surface area contributed by atoms with Crippen molar-refractivity contribution in [1.29, 1.82) is 0 Å². The maximum Gasteiger partial charge on any atom is 0.256 e. The molecule has 1 aliphatic rings. The van der Waals surface area contributed by atoms with Gasteiger partial charge in [-0.2, -0.15) is 5.10 Å². The van der Waals surface area contributed by atoms with Gasteiger partial charge in [0, 0.05) is 30.3 Å². The number of likely N-dealkylation sites (tertiary alicyclic amines) is 1. The molecule has 0 radical (unpaired) electrons. The van der Waals surface area contributed by atoms with E-state index < -0.39 is 5.82 Å². The van der Waals surface area contributed by atoms with Gasteiger partial charge in [0.05, 0.1) is 12.2 Å². The van der Waals surface area contributed by atoms with Crippen LogP contribution in [0.15, 0.2) is 60.8 Å². The number of piperidine rings is 1. The average Bonchev–Trinajstić information content (AvgIpc) is 3.27. The highest BCUT2D eigenvalue weighted by atomic mass is 19.1. The molecule has 0 saturated carbocycles. The minimum Gasteiger partial charge on any atom is -0.338 e. The van der Waals surface area contributed by atoms with Crippen molar-refractivity contribution in [2.24, 2.45) is 5.92 Å². The van der Waals surface area contributed by atoms with E-state index in [1.807, 2.05) is 29.2 Å². The number of carbonyl (C=O) groups is 2. The van der Waals surface area contributed by atoms with Crippen LogP contribution in [0, 0.1) is 11.7 Å². The number of nitrogens with one attached hydrogen (secondary N) is 1. The lowest BCUT2D eigenvalue weighted by molar-refractivity contribution is 0.0691. The van der Waals surface area contributed by atoms with E-state index in [1.54, 1.807) is 23.0 Å². The lowest BCUT2D eigenvalue weighted by atomic mass is 10.0. The summed E-state index contributed by atoms with van der Waals surface area (Å²) in [6, 6.07) is 15.3. The summed E-state index contributed by atoms with van der Waals surface area (Å²) in [7, 11) is 0. The normalized spacial score (nSPS) is 14.5. The molecule has 0 bridgehead atoms. The minimum absolute atomic E-state index is 0.0460. The van der Waals surface area contributed by atoms with Gasteiger partial charge in [0.25, 0.3) is 11.8 Å². The van der Waals surface area contributed by atoms with Crippen molar-refractivity contribution in [1.82, 2.24) is 14.7 Å². The summed E-state index contributed by atoms with van der Waals surface area (Å²) in [5, 5.41) is 7.21. The molecule has 0 atom stereocenters. The first-order valence-corrected chi connectivity index (χ1v) is 11.4. The number of amides is 2. The summed E-state index contributed by atoms with van der Waals surface area (Å²) in [6.07, 6.45) is 4.11. The fourth-order valence-corrected chi connectivity index (χ4v) is 4.27. The van der Waals surface area contributed by atoms with Gasteiger partial charge in [-0.1, -0.05) is 32.0 Å². The first kappa shape index (κ1) is 22.7. The Morgan fingerprint density at radius 2 is 1.79 bits per heavy atom. The molecule has 1 aromatic heterocycles. The fraction of sp³-hybridized carbons (Fsp3) is 0.346. The summed E-state index contributed by atoms with van der Waals surface area (Å²) in [5.74, 6) is 0.350. The van der Waals surface area contributed by atoms with Crippen LogP contribution in [0.2, 0.25) is 0 Å². The van der Waals surface area contributed by atoms with Gasteiger partial charge in [0.1, 0.15) is 11.6 Å². The van der Waals surface area contributed by atoms with E-state index in [4.69, 9.17) is 0 Å². The lowest BCUT2D eigenvalue weighted by Gasteiger charge is -2.32. The van der Waals surface area contributed by atoms with Crippen molar-refractivity contribution in [2.45, 2.75) is 39.2 Å². The molecule has 2 heterocycles. The van der Waals surface area contributed by atoms with E-state index in [0.29, 0.717) is 30.4 Å². The van der Waals surface area contributed by atoms with Crippen LogP contribution in [0.5, 0.6) is 0 Å². The number of aromatic nitrogens is 2. The smallest absolute Gasteiger partial charge is 0.256 e. The molecule has 1 aliphatic heterocycles. The summed E-state index contributed by atoms with van der Waals surface area (Å²) in [4.78, 5) is 27.3. The van der Waals surface area contributed by atoms with Crippen molar-refractivity contribution in [2.75, 3.05) is 18.4 Å². The third kappa shape index (κ3) is 5.48. The molecule has 2 aromatic carbocycles. The van der Waals surface area contributed by atoms with Gasteiger partial charge in [0.15, 0.2) is 0 Å². The van der Waals surface area contributed by atoms with Crippen molar-refractivity contribution >= 4 is 17.6 Å². The number of anilines is 1. The van der Waals surface area contributed by atoms with Gasteiger partial charge < -0.3 is 10.2 Å². The monoisotopic (exact) mass is 448 g/mol. The molecule has 0 spiro atoms. The Kier molecular flexibility index (Phi) is 6.87. The topological polar surface area (TPSA) is 67.2 Å². The van der Waals surface area contributed by atoms with E-state index in [0.717, 1.165) is 19.3 Å². The van der Waals surface area contributed by atoms with Gasteiger partial charge in [-0.3, -0.25) is 9.59 Å². The third-order valence-corrected chi connectivity index (χ3v) is 5.94. The molecule has 172 valence electrons. The van der Waals surface area contributed by atoms with Crippen LogP contribution in [-0.2, 0) is 6.42 Å². The summed E-state index contributed by atoms with van der Waals surface area (Å²) >= 11 is 0. The number of rotatable bonds is 6. The predicted octanol–water partition coefficient (Wildman–Crippen LogP) is 4.95. The molecular formula is C26H29FN4O2. The maximum atomic E-state index is 13.4. The quantitative estimate of drug-likeness (QED) is 0.580. The number of hydrogen-bond donors (Lipinski definition) is 1. The first-order chi connectivity index (χ1) is 15.9. The van der Waals surface area contributed by atoms with Gasteiger partial charge in [-0.15, -0.1) is 0 Å². The Morgan fingerprint density at radius 1 is 1.06 bits per heavy atom. The maximum absolute atomic E-state index is 13.4. The Bertz CT molecular complexity index is 1120. The third-order valence-electron chi connectivity index (χ3n) is 5.94. The number of carbonyl (C=O) groups excluding carboxylic acids is 2. The molecule has 33 heavy (non-hydrogen) atoms. The molecule has 4 rings (SSSR count). The Morgan fingerprint density at radius 3 is 2.45 bits per heavy atom. The zero-order valence-electron chi connectivity index (χ0n) is 19.0. The minimum atomic E-state index is -0.456. The van der Waals surface area contributed by atoms with Gasteiger partial charge >= 0.3 is 0 Å². The largest absolute Gasteiger partial charge is 0.338 e. The molecule has 1 saturated heterocycles. The molecule has 1 fully saturated rings. The standard InChI is InChI=1S/C26H29FN4O2/c1-18(2)16-19-6-8-20(9-7-19)26(33)30-14-11-23(12-15-30)31-24(10-13-28-31)29-25(32)21-4-3-5-22(27)17-21/h3-10,13,17-18,23H,11-12,14-16H2,1-2H3,(H,29,32). The van der Waals surface area contributed by atoms with Crippen molar-refractivity contribution in [3.63, 3.8) is 0 Å². The Balaban J connectivity index is 1.36. The lowest BCUT2D eigenvalue weighted by Crippen LogP contribution is -2.39. The number of hydrogen-bond acceptors (Lipinski definition) is 3. The first-order valence-electron chi connectivity index (χ1n) is 11.4. The highest BCUT2D eigenvalue weighted by Crippen LogP contribution is 2.26. The van der Waals surface area contributed by atoms with Gasteiger partial charge in [-0.25, -0.2) is 9.07 Å². The van der Waals surface area contributed by atoms with Crippen LogP contribution in [0.1, 0.15) is 59.0 Å². The van der Waals surface area contributed by atoms with Crippen LogP contribution in [0.25, 0.3) is 0 Å². The zero-order valence-corrected chi connectivity index (χ0v) is 19.0. The Hall–Kier alpha value is -3.48. The van der Waals surface area contributed by atoms with E-state index >= 15 is 0 Å². The number of halogens is 1. The van der Waals surface area contributed by atoms with Crippen molar-refractivity contribution in [3.05, 3.63) is 83.3 Å². The molecule has 1 N–H and O–H groups in total. The van der Waals surface area contributed by atoms with Crippen molar-refractivity contribution in [3.8, 4) is 0 Å². The molecule has 0 aliphatic carbocycles. The average molecular weight is 449 g/mol. The summed E-state index contributed by atoms with van der Waals surface area (Å²) < 4.78 is 15.2. The molecule has 6 nitrogen and oxygen atoms in total. The molecule has 7 heteroatoms. The highest BCUT2D eigenvalue weighted by Gasteiger charge is 2.26. The molecular weight excluding hydrogens is 419 g/mol. The van der Waals surface area contributed by atoms with Crippen molar-refractivity contribution < 1.29 is 14.0 Å². The number of nitrogens with zero attached hydrogens (tertiary/aromatic N) is 3. The highest BCUT2D eigenvalue weighted by molar-refractivity contribution is 6.03. The molecule has 2 amide bonds. The predicted molar refractivity (Wildman–Crippen MR) is 126 cm³/mol. The van der Waals surface area contributed by atoms with Crippen LogP contribution in [0.3, 0.4) is 0 Å². The zero-order chi connectivity index (χ0) is 23.4. The van der Waals surface area contributed by atoms with Crippen LogP contribution in [-0.4, -0.2) is 39.6 Å².